The van der Waals surface area contributed by atoms with Crippen LogP contribution in [0.5, 0.6) is 0 Å². The molecule has 0 radical (unpaired) electrons. The van der Waals surface area contributed by atoms with Crippen molar-refractivity contribution in [1.29, 1.82) is 0 Å². The van der Waals surface area contributed by atoms with Crippen LogP contribution in [0, 0.1) is 0 Å². The minimum atomic E-state index is -2.52. The predicted octanol–water partition coefficient (Wildman–Crippen LogP) is 2.41. The van der Waals surface area contributed by atoms with Crippen LogP contribution in [-0.2, 0) is 26.6 Å². The highest BCUT2D eigenvalue weighted by Gasteiger charge is 2.39. The lowest BCUT2D eigenvalue weighted by atomic mass is 9.87. The zero-order valence-corrected chi connectivity index (χ0v) is 18.5. The fourth-order valence-electron chi connectivity index (χ4n) is 2.90. The van der Waals surface area contributed by atoms with Gasteiger partial charge in [0.05, 0.1) is 0 Å². The minimum absolute atomic E-state index is 0.218. The first-order valence-corrected chi connectivity index (χ1v) is 12.3. The molecule has 0 unspecified atom stereocenters. The van der Waals surface area contributed by atoms with Crippen LogP contribution in [0.25, 0.3) is 0 Å². The molecule has 0 aliphatic heterocycles. The van der Waals surface area contributed by atoms with Crippen LogP contribution in [0.1, 0.15) is 39.0 Å². The molecule has 0 fully saturated rings. The number of hydrogen-bond donors (Lipinski definition) is 1. The standard InChI is InChI=1S/C15H37NO6Si2/c1-8-15(16,11-9-13-23(17-2,18-3)19-4)12-10-14-24(20-5,21-6)22-7/h8-14,16H2,1-7H3. The van der Waals surface area contributed by atoms with Gasteiger partial charge < -0.3 is 32.3 Å². The smallest absolute Gasteiger partial charge is 0.377 e. The molecule has 24 heavy (non-hydrogen) atoms. The molecular weight excluding hydrogens is 346 g/mol. The van der Waals surface area contributed by atoms with Crippen LogP contribution in [-0.4, -0.2) is 65.8 Å². The van der Waals surface area contributed by atoms with Crippen molar-refractivity contribution >= 4 is 17.6 Å². The second-order valence-corrected chi connectivity index (χ2v) is 12.2. The summed E-state index contributed by atoms with van der Waals surface area (Å²) in [6.07, 6.45) is 4.53. The van der Waals surface area contributed by atoms with Crippen LogP contribution >= 0.6 is 0 Å². The molecule has 0 saturated heterocycles. The van der Waals surface area contributed by atoms with Gasteiger partial charge >= 0.3 is 17.6 Å². The van der Waals surface area contributed by atoms with E-state index in [1.165, 1.54) is 0 Å². The van der Waals surface area contributed by atoms with E-state index in [4.69, 9.17) is 32.3 Å². The molecule has 2 N–H and O–H groups in total. The highest BCUT2D eigenvalue weighted by Crippen LogP contribution is 2.27. The van der Waals surface area contributed by atoms with Crippen LogP contribution < -0.4 is 5.73 Å². The van der Waals surface area contributed by atoms with Crippen molar-refractivity contribution in [3.8, 4) is 0 Å². The van der Waals surface area contributed by atoms with Crippen LogP contribution in [0.2, 0.25) is 12.1 Å². The van der Waals surface area contributed by atoms with Gasteiger partial charge in [0, 0.05) is 60.3 Å². The molecule has 0 bridgehead atoms. The summed E-state index contributed by atoms with van der Waals surface area (Å²) in [6.45, 7) is 2.13. The molecule has 7 nitrogen and oxygen atoms in total. The van der Waals surface area contributed by atoms with E-state index >= 15 is 0 Å². The van der Waals surface area contributed by atoms with Crippen molar-refractivity contribution < 1.29 is 26.6 Å². The van der Waals surface area contributed by atoms with Crippen molar-refractivity contribution in [2.24, 2.45) is 5.73 Å². The fraction of sp³-hybridized carbons (Fsp3) is 1.00. The Labute approximate surface area is 149 Å². The van der Waals surface area contributed by atoms with Crippen molar-refractivity contribution in [1.82, 2.24) is 0 Å². The molecule has 0 aromatic heterocycles. The van der Waals surface area contributed by atoms with E-state index in [1.807, 2.05) is 0 Å². The van der Waals surface area contributed by atoms with Crippen LogP contribution in [0.4, 0.5) is 0 Å². The summed E-state index contributed by atoms with van der Waals surface area (Å²) in [7, 11) is 4.79. The molecule has 9 heteroatoms. The Morgan fingerprint density at radius 1 is 0.667 bits per heavy atom. The summed E-state index contributed by atoms with van der Waals surface area (Å²) < 4.78 is 32.8. The van der Waals surface area contributed by atoms with E-state index < -0.39 is 17.6 Å². The molecule has 0 atom stereocenters. The summed E-state index contributed by atoms with van der Waals surface area (Å²) in [4.78, 5) is 0. The van der Waals surface area contributed by atoms with Gasteiger partial charge in [-0.15, -0.1) is 0 Å². The average Bonchev–Trinajstić information content (AvgIpc) is 2.63. The number of nitrogens with two attached hydrogens (primary N) is 1. The number of rotatable bonds is 15. The lowest BCUT2D eigenvalue weighted by Crippen LogP contribution is -2.45. The Hall–Kier alpha value is 0.154. The SMILES string of the molecule is CCC(N)(CCC[Si](OC)(OC)OC)CCC[Si](OC)(OC)OC. The lowest BCUT2D eigenvalue weighted by molar-refractivity contribution is 0.121. The van der Waals surface area contributed by atoms with Gasteiger partial charge in [0.1, 0.15) is 0 Å². The molecule has 0 rings (SSSR count). The summed E-state index contributed by atoms with van der Waals surface area (Å²) in [5.41, 5.74) is 6.37. The quantitative estimate of drug-likeness (QED) is 0.435. The molecule has 0 spiro atoms. The monoisotopic (exact) mass is 383 g/mol. The molecule has 0 aromatic rings. The zero-order valence-electron chi connectivity index (χ0n) is 16.5. The third kappa shape index (κ3) is 7.18. The third-order valence-electron chi connectivity index (χ3n) is 4.89. The largest absolute Gasteiger partial charge is 0.500 e. The van der Waals surface area contributed by atoms with E-state index in [2.05, 4.69) is 6.92 Å². The van der Waals surface area contributed by atoms with E-state index in [-0.39, 0.29) is 5.54 Å². The normalized spacial score (nSPS) is 13.5. The first-order valence-electron chi connectivity index (χ1n) is 8.44. The number of hydrogen-bond acceptors (Lipinski definition) is 7. The second-order valence-electron chi connectivity index (χ2n) is 6.01. The Kier molecular flexibility index (Phi) is 11.8. The predicted molar refractivity (Wildman–Crippen MR) is 98.9 cm³/mol. The highest BCUT2D eigenvalue weighted by atomic mass is 28.4. The van der Waals surface area contributed by atoms with Gasteiger partial charge in [-0.2, -0.15) is 0 Å². The summed E-state index contributed by atoms with van der Waals surface area (Å²) in [5.74, 6) is 0. The third-order valence-corrected chi connectivity index (χ3v) is 10.5. The van der Waals surface area contributed by atoms with E-state index in [0.29, 0.717) is 0 Å². The van der Waals surface area contributed by atoms with Crippen molar-refractivity contribution in [2.75, 3.05) is 42.7 Å². The van der Waals surface area contributed by atoms with Gasteiger partial charge in [-0.3, -0.25) is 0 Å². The Balaban J connectivity index is 4.49. The molecule has 0 heterocycles. The van der Waals surface area contributed by atoms with Crippen molar-refractivity contribution in [3.05, 3.63) is 0 Å². The van der Waals surface area contributed by atoms with Gasteiger partial charge in [0.2, 0.25) is 0 Å². The first-order chi connectivity index (χ1) is 11.3. The van der Waals surface area contributed by atoms with Crippen LogP contribution in [0.3, 0.4) is 0 Å². The zero-order chi connectivity index (χ0) is 18.7. The summed E-state index contributed by atoms with van der Waals surface area (Å²) in [6, 6.07) is 1.53. The summed E-state index contributed by atoms with van der Waals surface area (Å²) >= 11 is 0. The molecule has 0 aliphatic rings. The minimum Gasteiger partial charge on any atom is -0.377 e. The second kappa shape index (κ2) is 11.7. The maximum Gasteiger partial charge on any atom is 0.500 e. The highest BCUT2D eigenvalue weighted by molar-refractivity contribution is 6.60. The molecule has 0 aromatic carbocycles. The van der Waals surface area contributed by atoms with E-state index in [1.54, 1.807) is 42.7 Å². The summed E-state index contributed by atoms with van der Waals surface area (Å²) in [5, 5.41) is 0. The molecule has 146 valence electrons. The molecule has 0 saturated carbocycles. The van der Waals surface area contributed by atoms with Crippen molar-refractivity contribution in [2.45, 2.75) is 56.7 Å². The van der Waals surface area contributed by atoms with E-state index in [9.17, 15) is 0 Å². The fourth-order valence-corrected chi connectivity index (χ4v) is 6.35. The first kappa shape index (κ1) is 24.2. The van der Waals surface area contributed by atoms with Crippen molar-refractivity contribution in [3.63, 3.8) is 0 Å². The maximum atomic E-state index is 6.59. The molecular formula is C15H37NO6Si2. The maximum absolute atomic E-state index is 6.59. The van der Waals surface area contributed by atoms with Gasteiger partial charge in [0.25, 0.3) is 0 Å². The Morgan fingerprint density at radius 2 is 0.958 bits per heavy atom. The lowest BCUT2D eigenvalue weighted by Gasteiger charge is -2.31. The van der Waals surface area contributed by atoms with Gasteiger partial charge in [0.15, 0.2) is 0 Å². The average molecular weight is 384 g/mol. The van der Waals surface area contributed by atoms with Gasteiger partial charge in [-0.05, 0) is 32.1 Å². The molecule has 0 aliphatic carbocycles. The topological polar surface area (TPSA) is 81.4 Å². The van der Waals surface area contributed by atoms with Gasteiger partial charge in [-0.25, -0.2) is 0 Å². The van der Waals surface area contributed by atoms with E-state index in [0.717, 1.165) is 44.2 Å². The van der Waals surface area contributed by atoms with Gasteiger partial charge in [-0.1, -0.05) is 6.92 Å². The molecule has 0 amide bonds. The Bertz CT molecular complexity index is 285. The van der Waals surface area contributed by atoms with Crippen LogP contribution in [0.15, 0.2) is 0 Å². The Morgan fingerprint density at radius 3 is 1.17 bits per heavy atom.